The average molecular weight is 410 g/mol. The number of methoxy groups -OCH3 is 1. The highest BCUT2D eigenvalue weighted by Crippen LogP contribution is 2.29. The van der Waals surface area contributed by atoms with Crippen LogP contribution in [0.3, 0.4) is 0 Å². The van der Waals surface area contributed by atoms with Crippen LogP contribution in [0, 0.1) is 0 Å². The van der Waals surface area contributed by atoms with Gasteiger partial charge in [-0.05, 0) is 56.7 Å². The number of hydrogen-bond donors (Lipinski definition) is 1. The number of tetrazole rings is 1. The Kier molecular flexibility index (Phi) is 4.49. The van der Waals surface area contributed by atoms with Crippen LogP contribution in [0.1, 0.15) is 0 Å². The van der Waals surface area contributed by atoms with Crippen molar-refractivity contribution in [3.63, 3.8) is 0 Å². The van der Waals surface area contributed by atoms with E-state index in [9.17, 15) is 8.42 Å². The van der Waals surface area contributed by atoms with E-state index in [-0.39, 0.29) is 4.90 Å². The lowest BCUT2D eigenvalue weighted by molar-refractivity contribution is 0.411. The predicted molar refractivity (Wildman–Crippen MR) is 90.7 cm³/mol. The molecule has 1 heterocycles. The van der Waals surface area contributed by atoms with E-state index in [1.54, 1.807) is 30.3 Å². The maximum atomic E-state index is 12.6. The molecule has 0 saturated carbocycles. The Morgan fingerprint density at radius 3 is 2.67 bits per heavy atom. The number of benzene rings is 2. The largest absolute Gasteiger partial charge is 0.496 e. The lowest BCUT2D eigenvalue weighted by Gasteiger charge is -2.12. The standard InChI is InChI=1S/C14H12BrN5O3S/c1-23-14-7-6-10(8-11(14)15)24(21,22)17-12-4-2-3-5-13(12)20-9-16-18-19-20/h2-9,17H,1H3. The van der Waals surface area contributed by atoms with Crippen molar-refractivity contribution in [3.05, 3.63) is 53.3 Å². The Morgan fingerprint density at radius 2 is 2.00 bits per heavy atom. The molecule has 0 aliphatic rings. The molecule has 3 aromatic rings. The van der Waals surface area contributed by atoms with Crippen LogP contribution in [0.4, 0.5) is 5.69 Å². The maximum absolute atomic E-state index is 12.6. The summed E-state index contributed by atoms with van der Waals surface area (Å²) < 4.78 is 34.9. The molecular formula is C14H12BrN5O3S. The van der Waals surface area contributed by atoms with Gasteiger partial charge in [0.1, 0.15) is 12.1 Å². The lowest BCUT2D eigenvalue weighted by Crippen LogP contribution is -2.15. The zero-order chi connectivity index (χ0) is 17.2. The molecule has 8 nitrogen and oxygen atoms in total. The summed E-state index contributed by atoms with van der Waals surface area (Å²) in [4.78, 5) is 0.0988. The minimum atomic E-state index is -3.79. The van der Waals surface area contributed by atoms with Crippen LogP contribution in [-0.2, 0) is 10.0 Å². The van der Waals surface area contributed by atoms with Gasteiger partial charge in [0.05, 0.1) is 27.9 Å². The van der Waals surface area contributed by atoms with Crippen molar-refractivity contribution in [1.29, 1.82) is 0 Å². The first-order valence-electron chi connectivity index (χ1n) is 6.70. The number of nitrogens with zero attached hydrogens (tertiary/aromatic N) is 4. The van der Waals surface area contributed by atoms with Gasteiger partial charge in [-0.15, -0.1) is 5.10 Å². The number of rotatable bonds is 5. The minimum Gasteiger partial charge on any atom is -0.496 e. The third-order valence-electron chi connectivity index (χ3n) is 3.18. The van der Waals surface area contributed by atoms with Gasteiger partial charge in [0.2, 0.25) is 0 Å². The Labute approximate surface area is 146 Å². The molecule has 0 radical (unpaired) electrons. The zero-order valence-electron chi connectivity index (χ0n) is 12.4. The van der Waals surface area contributed by atoms with Crippen LogP contribution in [0.2, 0.25) is 0 Å². The molecule has 0 bridgehead atoms. The molecule has 3 rings (SSSR count). The van der Waals surface area contributed by atoms with Crippen molar-refractivity contribution in [2.75, 3.05) is 11.8 Å². The summed E-state index contributed by atoms with van der Waals surface area (Å²) in [6.45, 7) is 0. The molecule has 24 heavy (non-hydrogen) atoms. The fraction of sp³-hybridized carbons (Fsp3) is 0.0714. The van der Waals surface area contributed by atoms with Gasteiger partial charge in [0.15, 0.2) is 0 Å². The topological polar surface area (TPSA) is 99.0 Å². The van der Waals surface area contributed by atoms with Crippen LogP contribution in [0.15, 0.2) is 58.2 Å². The maximum Gasteiger partial charge on any atom is 0.262 e. The number of halogens is 1. The molecule has 0 amide bonds. The summed E-state index contributed by atoms with van der Waals surface area (Å²) >= 11 is 3.28. The van der Waals surface area contributed by atoms with E-state index in [1.165, 1.54) is 30.3 Å². The Morgan fingerprint density at radius 1 is 1.21 bits per heavy atom. The second-order valence-electron chi connectivity index (χ2n) is 4.67. The molecule has 0 aliphatic carbocycles. The van der Waals surface area contributed by atoms with E-state index in [4.69, 9.17) is 4.74 Å². The number of para-hydroxylation sites is 2. The first-order valence-corrected chi connectivity index (χ1v) is 8.97. The van der Waals surface area contributed by atoms with Crippen molar-refractivity contribution >= 4 is 31.6 Å². The highest BCUT2D eigenvalue weighted by molar-refractivity contribution is 9.10. The molecule has 0 unspecified atom stereocenters. The van der Waals surface area contributed by atoms with E-state index in [1.807, 2.05) is 0 Å². The van der Waals surface area contributed by atoms with Crippen molar-refractivity contribution < 1.29 is 13.2 Å². The van der Waals surface area contributed by atoms with Crippen LogP contribution >= 0.6 is 15.9 Å². The SMILES string of the molecule is COc1ccc(S(=O)(=O)Nc2ccccc2-n2cnnn2)cc1Br. The summed E-state index contributed by atoms with van der Waals surface area (Å²) in [5.74, 6) is 0.544. The van der Waals surface area contributed by atoms with Gasteiger partial charge in [-0.1, -0.05) is 12.1 Å². The molecule has 2 aromatic carbocycles. The monoisotopic (exact) mass is 409 g/mol. The zero-order valence-corrected chi connectivity index (χ0v) is 14.8. The van der Waals surface area contributed by atoms with Gasteiger partial charge >= 0.3 is 0 Å². The Hall–Kier alpha value is -2.46. The number of aromatic nitrogens is 4. The van der Waals surface area contributed by atoms with Gasteiger partial charge in [-0.25, -0.2) is 8.42 Å². The lowest BCUT2D eigenvalue weighted by atomic mass is 10.3. The highest BCUT2D eigenvalue weighted by Gasteiger charge is 2.18. The molecule has 0 aliphatic heterocycles. The number of sulfonamides is 1. The fourth-order valence-electron chi connectivity index (χ4n) is 2.05. The van der Waals surface area contributed by atoms with E-state index < -0.39 is 10.0 Å². The number of anilines is 1. The summed E-state index contributed by atoms with van der Waals surface area (Å²) in [6, 6.07) is 11.3. The number of ether oxygens (including phenoxy) is 1. The van der Waals surface area contributed by atoms with Gasteiger partial charge in [0.25, 0.3) is 10.0 Å². The molecule has 1 N–H and O–H groups in total. The van der Waals surface area contributed by atoms with Crippen molar-refractivity contribution in [2.24, 2.45) is 0 Å². The normalized spacial score (nSPS) is 11.2. The van der Waals surface area contributed by atoms with Gasteiger partial charge in [0, 0.05) is 0 Å². The first kappa shape index (κ1) is 16.4. The third-order valence-corrected chi connectivity index (χ3v) is 5.16. The molecule has 124 valence electrons. The van der Waals surface area contributed by atoms with Crippen molar-refractivity contribution in [3.8, 4) is 11.4 Å². The summed E-state index contributed by atoms with van der Waals surface area (Å²) in [5, 5.41) is 10.9. The Bertz CT molecular complexity index is 960. The van der Waals surface area contributed by atoms with E-state index in [2.05, 4.69) is 36.2 Å². The van der Waals surface area contributed by atoms with E-state index in [0.717, 1.165) is 0 Å². The molecule has 0 spiro atoms. The van der Waals surface area contributed by atoms with Gasteiger partial charge in [-0.2, -0.15) is 4.68 Å². The third kappa shape index (κ3) is 3.24. The van der Waals surface area contributed by atoms with E-state index >= 15 is 0 Å². The molecule has 1 aromatic heterocycles. The fourth-order valence-corrected chi connectivity index (χ4v) is 3.84. The second kappa shape index (κ2) is 6.57. The number of nitrogens with one attached hydrogen (secondary N) is 1. The van der Waals surface area contributed by atoms with E-state index in [0.29, 0.717) is 21.6 Å². The van der Waals surface area contributed by atoms with Crippen LogP contribution in [0.5, 0.6) is 5.75 Å². The van der Waals surface area contributed by atoms with Crippen molar-refractivity contribution in [1.82, 2.24) is 20.2 Å². The second-order valence-corrected chi connectivity index (χ2v) is 7.21. The van der Waals surface area contributed by atoms with Crippen LogP contribution < -0.4 is 9.46 Å². The smallest absolute Gasteiger partial charge is 0.262 e. The quantitative estimate of drug-likeness (QED) is 0.693. The van der Waals surface area contributed by atoms with Crippen molar-refractivity contribution in [2.45, 2.75) is 4.90 Å². The van der Waals surface area contributed by atoms with Gasteiger partial charge in [-0.3, -0.25) is 4.72 Å². The van der Waals surface area contributed by atoms with Crippen LogP contribution in [0.25, 0.3) is 5.69 Å². The minimum absolute atomic E-state index is 0.0988. The summed E-state index contributed by atoms with van der Waals surface area (Å²) in [5.41, 5.74) is 0.871. The molecule has 10 heteroatoms. The van der Waals surface area contributed by atoms with Crippen LogP contribution in [-0.4, -0.2) is 35.7 Å². The summed E-state index contributed by atoms with van der Waals surface area (Å²) in [7, 11) is -2.28. The summed E-state index contributed by atoms with van der Waals surface area (Å²) in [6.07, 6.45) is 1.39. The van der Waals surface area contributed by atoms with Gasteiger partial charge < -0.3 is 4.74 Å². The Balaban J connectivity index is 1.98. The molecule has 0 atom stereocenters. The molecular weight excluding hydrogens is 398 g/mol. The molecule has 0 saturated heterocycles. The predicted octanol–water partition coefficient (Wildman–Crippen LogP) is 2.23. The average Bonchev–Trinajstić information content (AvgIpc) is 3.09. The highest BCUT2D eigenvalue weighted by atomic mass is 79.9. The molecule has 0 fully saturated rings. The first-order chi connectivity index (χ1) is 11.5. The number of hydrogen-bond acceptors (Lipinski definition) is 6.